The van der Waals surface area contributed by atoms with Gasteiger partial charge in [-0.15, -0.1) is 0 Å². The Hall–Kier alpha value is -0.900. The maximum atomic E-state index is 5.65. The number of rotatable bonds is 4. The smallest absolute Gasteiger partial charge is 0.0622 e. The van der Waals surface area contributed by atoms with Gasteiger partial charge in [-0.1, -0.05) is 44.2 Å². The molecule has 2 aliphatic rings. The van der Waals surface area contributed by atoms with Crippen LogP contribution in [0, 0.1) is 5.92 Å². The molecule has 2 heterocycles. The van der Waals surface area contributed by atoms with Crippen LogP contribution in [0.4, 0.5) is 0 Å². The fraction of sp³-hybridized carbons (Fsp3) is 0.667. The molecule has 1 N–H and O–H groups in total. The highest BCUT2D eigenvalue weighted by molar-refractivity contribution is 5.20. The molecular formula is C18H28N2O. The van der Waals surface area contributed by atoms with E-state index in [1.807, 2.05) is 0 Å². The van der Waals surface area contributed by atoms with Gasteiger partial charge in [0.1, 0.15) is 0 Å². The van der Waals surface area contributed by atoms with E-state index in [9.17, 15) is 0 Å². The Labute approximate surface area is 128 Å². The minimum Gasteiger partial charge on any atom is -0.380 e. The third-order valence-corrected chi connectivity index (χ3v) is 4.75. The number of piperazine rings is 1. The van der Waals surface area contributed by atoms with Crippen LogP contribution in [0.1, 0.15) is 38.3 Å². The lowest BCUT2D eigenvalue weighted by molar-refractivity contribution is 0.0650. The Balaban J connectivity index is 1.75. The van der Waals surface area contributed by atoms with Gasteiger partial charge in [0.2, 0.25) is 0 Å². The van der Waals surface area contributed by atoms with Crippen molar-refractivity contribution in [3.05, 3.63) is 35.9 Å². The lowest BCUT2D eigenvalue weighted by Crippen LogP contribution is -2.56. The zero-order valence-corrected chi connectivity index (χ0v) is 13.3. The van der Waals surface area contributed by atoms with Gasteiger partial charge in [-0.3, -0.25) is 4.90 Å². The summed E-state index contributed by atoms with van der Waals surface area (Å²) in [7, 11) is 0. The van der Waals surface area contributed by atoms with E-state index in [0.717, 1.165) is 32.2 Å². The Morgan fingerprint density at radius 3 is 2.76 bits per heavy atom. The molecule has 3 unspecified atom stereocenters. The molecular weight excluding hydrogens is 260 g/mol. The zero-order valence-electron chi connectivity index (χ0n) is 13.3. The topological polar surface area (TPSA) is 24.5 Å². The van der Waals surface area contributed by atoms with E-state index < -0.39 is 0 Å². The van der Waals surface area contributed by atoms with Crippen LogP contribution in [-0.4, -0.2) is 43.3 Å². The highest BCUT2D eigenvalue weighted by atomic mass is 16.5. The van der Waals surface area contributed by atoms with Crippen LogP contribution in [0.2, 0.25) is 0 Å². The zero-order chi connectivity index (χ0) is 14.7. The van der Waals surface area contributed by atoms with Crippen molar-refractivity contribution in [1.82, 2.24) is 10.2 Å². The fourth-order valence-corrected chi connectivity index (χ4v) is 3.74. The molecule has 0 bridgehead atoms. The number of nitrogens with one attached hydrogen (secondary N) is 1. The molecule has 21 heavy (non-hydrogen) atoms. The SMILES string of the molecule is CC(C)CC1CN(C2CCOC2)C(c2ccccc2)CN1. The van der Waals surface area contributed by atoms with Crippen LogP contribution in [0.3, 0.4) is 0 Å². The maximum absolute atomic E-state index is 5.65. The lowest BCUT2D eigenvalue weighted by atomic mass is 9.95. The van der Waals surface area contributed by atoms with Crippen LogP contribution in [0.15, 0.2) is 30.3 Å². The summed E-state index contributed by atoms with van der Waals surface area (Å²) >= 11 is 0. The molecule has 0 amide bonds. The largest absolute Gasteiger partial charge is 0.380 e. The molecule has 0 saturated carbocycles. The lowest BCUT2D eigenvalue weighted by Gasteiger charge is -2.44. The van der Waals surface area contributed by atoms with E-state index in [1.165, 1.54) is 18.4 Å². The summed E-state index contributed by atoms with van der Waals surface area (Å²) in [5, 5.41) is 3.77. The van der Waals surface area contributed by atoms with Gasteiger partial charge in [0.15, 0.2) is 0 Å². The van der Waals surface area contributed by atoms with Crippen LogP contribution in [0.5, 0.6) is 0 Å². The van der Waals surface area contributed by atoms with Gasteiger partial charge in [-0.2, -0.15) is 0 Å². The average Bonchev–Trinajstić information content (AvgIpc) is 3.01. The predicted molar refractivity (Wildman–Crippen MR) is 86.4 cm³/mol. The summed E-state index contributed by atoms with van der Waals surface area (Å²) in [5.41, 5.74) is 1.43. The second-order valence-corrected chi connectivity index (χ2v) is 6.88. The molecule has 3 heteroatoms. The molecule has 0 aromatic heterocycles. The number of hydrogen-bond acceptors (Lipinski definition) is 3. The molecule has 3 rings (SSSR count). The number of hydrogen-bond donors (Lipinski definition) is 1. The normalized spacial score (nSPS) is 30.9. The summed E-state index contributed by atoms with van der Waals surface area (Å²) < 4.78 is 5.65. The monoisotopic (exact) mass is 288 g/mol. The van der Waals surface area contributed by atoms with E-state index in [4.69, 9.17) is 4.74 Å². The van der Waals surface area contributed by atoms with Crippen molar-refractivity contribution in [2.45, 2.75) is 44.8 Å². The molecule has 0 spiro atoms. The predicted octanol–water partition coefficient (Wildman–Crippen LogP) is 2.84. The van der Waals surface area contributed by atoms with Crippen molar-refractivity contribution >= 4 is 0 Å². The van der Waals surface area contributed by atoms with Crippen molar-refractivity contribution in [3.8, 4) is 0 Å². The van der Waals surface area contributed by atoms with Crippen LogP contribution in [-0.2, 0) is 4.74 Å². The fourth-order valence-electron chi connectivity index (χ4n) is 3.74. The van der Waals surface area contributed by atoms with E-state index in [0.29, 0.717) is 18.1 Å². The summed E-state index contributed by atoms with van der Waals surface area (Å²) in [6.07, 6.45) is 2.43. The molecule has 3 atom stereocenters. The molecule has 2 fully saturated rings. The van der Waals surface area contributed by atoms with Crippen molar-refractivity contribution < 1.29 is 4.74 Å². The van der Waals surface area contributed by atoms with E-state index in [2.05, 4.69) is 54.4 Å². The third kappa shape index (κ3) is 3.65. The van der Waals surface area contributed by atoms with Gasteiger partial charge in [0, 0.05) is 37.8 Å². The van der Waals surface area contributed by atoms with Crippen molar-refractivity contribution in [2.24, 2.45) is 5.92 Å². The van der Waals surface area contributed by atoms with Gasteiger partial charge in [-0.05, 0) is 24.3 Å². The van der Waals surface area contributed by atoms with Crippen molar-refractivity contribution in [2.75, 3.05) is 26.3 Å². The Kier molecular flexibility index (Phi) is 4.94. The Morgan fingerprint density at radius 2 is 2.10 bits per heavy atom. The first-order valence-electron chi connectivity index (χ1n) is 8.36. The van der Waals surface area contributed by atoms with Crippen molar-refractivity contribution in [1.29, 1.82) is 0 Å². The van der Waals surface area contributed by atoms with Gasteiger partial charge in [-0.25, -0.2) is 0 Å². The molecule has 116 valence electrons. The minimum absolute atomic E-state index is 0.487. The van der Waals surface area contributed by atoms with Crippen LogP contribution in [0.25, 0.3) is 0 Å². The molecule has 2 aliphatic heterocycles. The number of benzene rings is 1. The maximum Gasteiger partial charge on any atom is 0.0622 e. The Bertz CT molecular complexity index is 428. The van der Waals surface area contributed by atoms with Gasteiger partial charge < -0.3 is 10.1 Å². The van der Waals surface area contributed by atoms with E-state index in [1.54, 1.807) is 0 Å². The second-order valence-electron chi connectivity index (χ2n) is 6.88. The number of nitrogens with zero attached hydrogens (tertiary/aromatic N) is 1. The van der Waals surface area contributed by atoms with E-state index >= 15 is 0 Å². The first kappa shape index (κ1) is 15.0. The van der Waals surface area contributed by atoms with Gasteiger partial charge in [0.05, 0.1) is 6.61 Å². The summed E-state index contributed by atoms with van der Waals surface area (Å²) in [4.78, 5) is 2.70. The van der Waals surface area contributed by atoms with Gasteiger partial charge in [0.25, 0.3) is 0 Å². The van der Waals surface area contributed by atoms with Gasteiger partial charge >= 0.3 is 0 Å². The minimum atomic E-state index is 0.487. The molecule has 1 aromatic rings. The Morgan fingerprint density at radius 1 is 1.29 bits per heavy atom. The van der Waals surface area contributed by atoms with Crippen molar-refractivity contribution in [3.63, 3.8) is 0 Å². The summed E-state index contributed by atoms with van der Waals surface area (Å²) in [6, 6.07) is 12.6. The third-order valence-electron chi connectivity index (χ3n) is 4.75. The molecule has 3 nitrogen and oxygen atoms in total. The second kappa shape index (κ2) is 6.91. The highest BCUT2D eigenvalue weighted by Crippen LogP contribution is 2.29. The molecule has 0 aliphatic carbocycles. The van der Waals surface area contributed by atoms with E-state index in [-0.39, 0.29) is 0 Å². The first-order chi connectivity index (χ1) is 10.2. The highest BCUT2D eigenvalue weighted by Gasteiger charge is 2.35. The van der Waals surface area contributed by atoms with Crippen LogP contribution >= 0.6 is 0 Å². The summed E-state index contributed by atoms with van der Waals surface area (Å²) in [6.45, 7) is 8.65. The first-order valence-corrected chi connectivity index (χ1v) is 8.36. The average molecular weight is 288 g/mol. The quantitative estimate of drug-likeness (QED) is 0.922. The van der Waals surface area contributed by atoms with Crippen LogP contribution < -0.4 is 5.32 Å². The molecule has 1 aromatic carbocycles. The molecule has 0 radical (unpaired) electrons. The summed E-state index contributed by atoms with van der Waals surface area (Å²) in [5.74, 6) is 0.748. The molecule has 2 saturated heterocycles. The number of ether oxygens (including phenoxy) is 1. The standard InChI is InChI=1S/C18H28N2O/c1-14(2)10-16-12-20(17-8-9-21-13-17)18(11-19-16)15-6-4-3-5-7-15/h3-7,14,16-19H,8-13H2,1-2H3.